The zero-order valence-electron chi connectivity index (χ0n) is 15.5. The maximum absolute atomic E-state index is 12.8. The number of nitrogens with one attached hydrogen (secondary N) is 1. The number of amides is 2. The largest absolute Gasteiger partial charge is 0.317 e. The van der Waals surface area contributed by atoms with Gasteiger partial charge < -0.3 is 4.90 Å². The normalized spacial score (nSPS) is 31.5. The van der Waals surface area contributed by atoms with Crippen LogP contribution in [0.4, 0.5) is 0 Å². The fraction of sp³-hybridized carbons (Fsp3) is 0.571. The molecule has 3 aliphatic rings. The predicted octanol–water partition coefficient (Wildman–Crippen LogP) is 2.19. The van der Waals surface area contributed by atoms with Gasteiger partial charge in [0.15, 0.2) is 6.67 Å². The van der Waals surface area contributed by atoms with Crippen LogP contribution >= 0.6 is 11.3 Å². The fourth-order valence-electron chi connectivity index (χ4n) is 5.18. The van der Waals surface area contributed by atoms with Gasteiger partial charge in [-0.25, -0.2) is 9.88 Å². The van der Waals surface area contributed by atoms with E-state index in [1.165, 1.54) is 14.6 Å². The standard InChI is InChI=1S/C21H25N3O2S/c25-20-15-7-1-2-8-16(15)21(26)24(20)13-23-11-5-6-14(12-23)19-22-17-9-3-4-10-18(17)27-19/h3-4,9-10,14-16H,1-2,5-8,11-13H2/p+1/t14-,15-,16+/m1/s1. The lowest BCUT2D eigenvalue weighted by atomic mass is 9.81. The highest BCUT2D eigenvalue weighted by atomic mass is 32.1. The molecule has 2 aromatic rings. The molecule has 1 unspecified atom stereocenters. The van der Waals surface area contributed by atoms with Crippen molar-refractivity contribution in [2.45, 2.75) is 44.4 Å². The van der Waals surface area contributed by atoms with Crippen LogP contribution in [-0.2, 0) is 9.59 Å². The molecule has 2 amide bonds. The van der Waals surface area contributed by atoms with E-state index < -0.39 is 0 Å². The number of thiazole rings is 1. The van der Waals surface area contributed by atoms with Crippen LogP contribution < -0.4 is 4.90 Å². The van der Waals surface area contributed by atoms with Gasteiger partial charge >= 0.3 is 0 Å². The van der Waals surface area contributed by atoms with E-state index in [1.807, 2.05) is 6.07 Å². The van der Waals surface area contributed by atoms with Crippen LogP contribution in [0.3, 0.4) is 0 Å². The van der Waals surface area contributed by atoms with Gasteiger partial charge in [-0.3, -0.25) is 9.59 Å². The Kier molecular flexibility index (Phi) is 4.48. The number of carbonyl (C=O) groups excluding carboxylic acids is 2. The summed E-state index contributed by atoms with van der Waals surface area (Å²) in [5, 5.41) is 1.21. The van der Waals surface area contributed by atoms with Crippen molar-refractivity contribution < 1.29 is 14.5 Å². The van der Waals surface area contributed by atoms with E-state index in [1.54, 1.807) is 16.2 Å². The van der Waals surface area contributed by atoms with Gasteiger partial charge in [-0.2, -0.15) is 0 Å². The molecule has 5 rings (SSSR count). The third kappa shape index (κ3) is 3.09. The number of piperidine rings is 1. The summed E-state index contributed by atoms with van der Waals surface area (Å²) in [5.74, 6) is 0.561. The van der Waals surface area contributed by atoms with Crippen LogP contribution in [0, 0.1) is 11.8 Å². The number of imide groups is 1. The Hall–Kier alpha value is -1.79. The Morgan fingerprint density at radius 2 is 1.78 bits per heavy atom. The molecule has 142 valence electrons. The number of aromatic nitrogens is 1. The average Bonchev–Trinajstić information content (AvgIpc) is 3.24. The van der Waals surface area contributed by atoms with E-state index in [-0.39, 0.29) is 23.7 Å². The third-order valence-corrected chi connectivity index (χ3v) is 7.79. The molecule has 0 spiro atoms. The summed E-state index contributed by atoms with van der Waals surface area (Å²) in [6.45, 7) is 2.55. The van der Waals surface area contributed by atoms with Crippen LogP contribution in [0.1, 0.15) is 49.5 Å². The Morgan fingerprint density at radius 3 is 2.52 bits per heavy atom. The maximum Gasteiger partial charge on any atom is 0.237 e. The Bertz CT molecular complexity index is 822. The number of rotatable bonds is 3. The van der Waals surface area contributed by atoms with Crippen LogP contribution in [-0.4, -0.2) is 41.5 Å². The first-order valence-electron chi connectivity index (χ1n) is 10.2. The van der Waals surface area contributed by atoms with Gasteiger partial charge in [0.05, 0.1) is 41.1 Å². The summed E-state index contributed by atoms with van der Waals surface area (Å²) < 4.78 is 1.24. The molecule has 27 heavy (non-hydrogen) atoms. The molecule has 1 aliphatic carbocycles. The number of hydrogen-bond donors (Lipinski definition) is 1. The third-order valence-electron chi connectivity index (χ3n) is 6.59. The van der Waals surface area contributed by atoms with Crippen molar-refractivity contribution in [3.05, 3.63) is 29.3 Å². The van der Waals surface area contributed by atoms with Crippen molar-refractivity contribution in [2.24, 2.45) is 11.8 Å². The summed E-state index contributed by atoms with van der Waals surface area (Å²) in [7, 11) is 0. The monoisotopic (exact) mass is 384 g/mol. The lowest BCUT2D eigenvalue weighted by molar-refractivity contribution is -0.913. The molecule has 4 atom stereocenters. The van der Waals surface area contributed by atoms with Crippen molar-refractivity contribution in [3.63, 3.8) is 0 Å². The SMILES string of the molecule is O=C1[C@H]2CCCC[C@H]2C(=O)N1C[NH+]1CCC[C@@H](c2nc3ccccc3s2)C1. The lowest BCUT2D eigenvalue weighted by Crippen LogP contribution is -3.15. The van der Waals surface area contributed by atoms with Crippen molar-refractivity contribution in [3.8, 4) is 0 Å². The van der Waals surface area contributed by atoms with Crippen molar-refractivity contribution in [1.29, 1.82) is 0 Å². The highest BCUT2D eigenvalue weighted by molar-refractivity contribution is 7.18. The number of quaternary nitrogens is 1. The number of likely N-dealkylation sites (tertiary alicyclic amines) is 2. The van der Waals surface area contributed by atoms with E-state index >= 15 is 0 Å². The minimum absolute atomic E-state index is 0.0319. The molecule has 1 N–H and O–H groups in total. The smallest absolute Gasteiger partial charge is 0.237 e. The number of para-hydroxylation sites is 1. The van der Waals surface area contributed by atoms with Crippen LogP contribution in [0.2, 0.25) is 0 Å². The molecule has 1 saturated carbocycles. The van der Waals surface area contributed by atoms with Gasteiger partial charge in [0.25, 0.3) is 0 Å². The van der Waals surface area contributed by atoms with Crippen LogP contribution in [0.15, 0.2) is 24.3 Å². The van der Waals surface area contributed by atoms with Gasteiger partial charge in [0, 0.05) is 0 Å². The molecule has 1 aromatic carbocycles. The highest BCUT2D eigenvalue weighted by Gasteiger charge is 2.49. The highest BCUT2D eigenvalue weighted by Crippen LogP contribution is 2.37. The van der Waals surface area contributed by atoms with Crippen molar-refractivity contribution in [2.75, 3.05) is 19.8 Å². The summed E-state index contributed by atoms with van der Waals surface area (Å²) in [6.07, 6.45) is 6.24. The van der Waals surface area contributed by atoms with E-state index in [9.17, 15) is 9.59 Å². The first kappa shape index (κ1) is 17.3. The zero-order valence-corrected chi connectivity index (χ0v) is 16.3. The summed E-state index contributed by atoms with van der Waals surface area (Å²) in [6, 6.07) is 8.31. The number of carbonyl (C=O) groups is 2. The molecular weight excluding hydrogens is 358 g/mol. The maximum atomic E-state index is 12.8. The molecule has 5 nitrogen and oxygen atoms in total. The van der Waals surface area contributed by atoms with Gasteiger partial charge in [0.1, 0.15) is 5.01 Å². The second-order valence-corrected chi connectivity index (χ2v) is 9.39. The molecule has 1 aromatic heterocycles. The van der Waals surface area contributed by atoms with Gasteiger partial charge in [-0.05, 0) is 37.8 Å². The number of benzene rings is 1. The van der Waals surface area contributed by atoms with E-state index in [0.29, 0.717) is 12.6 Å². The van der Waals surface area contributed by atoms with E-state index in [4.69, 9.17) is 4.98 Å². The Balaban J connectivity index is 1.30. The summed E-state index contributed by atoms with van der Waals surface area (Å²) >= 11 is 1.79. The van der Waals surface area contributed by atoms with E-state index in [0.717, 1.165) is 57.1 Å². The van der Waals surface area contributed by atoms with Crippen molar-refractivity contribution in [1.82, 2.24) is 9.88 Å². The van der Waals surface area contributed by atoms with Crippen molar-refractivity contribution >= 4 is 33.4 Å². The predicted molar refractivity (Wildman–Crippen MR) is 104 cm³/mol. The lowest BCUT2D eigenvalue weighted by Gasteiger charge is -2.31. The van der Waals surface area contributed by atoms with Gasteiger partial charge in [-0.15, -0.1) is 11.3 Å². The molecule has 2 saturated heterocycles. The molecule has 6 heteroatoms. The zero-order chi connectivity index (χ0) is 18.4. The fourth-order valence-corrected chi connectivity index (χ4v) is 6.28. The molecule has 2 aliphatic heterocycles. The number of fused-ring (bicyclic) bond motifs is 2. The minimum Gasteiger partial charge on any atom is -0.317 e. The van der Waals surface area contributed by atoms with Gasteiger partial charge in [-0.1, -0.05) is 25.0 Å². The molecule has 3 heterocycles. The Morgan fingerprint density at radius 1 is 1.04 bits per heavy atom. The number of hydrogen-bond acceptors (Lipinski definition) is 4. The molecule has 0 radical (unpaired) electrons. The molecule has 3 fully saturated rings. The van der Waals surface area contributed by atoms with Crippen LogP contribution in [0.5, 0.6) is 0 Å². The first-order valence-corrected chi connectivity index (χ1v) is 11.1. The summed E-state index contributed by atoms with van der Waals surface area (Å²) in [4.78, 5) is 33.3. The molecule has 0 bridgehead atoms. The number of nitrogens with zero attached hydrogens (tertiary/aromatic N) is 2. The minimum atomic E-state index is -0.0319. The molecular formula is C21H26N3O2S+. The topological polar surface area (TPSA) is 54.7 Å². The quantitative estimate of drug-likeness (QED) is 0.826. The second kappa shape index (κ2) is 6.99. The Labute approximate surface area is 163 Å². The first-order chi connectivity index (χ1) is 13.2. The second-order valence-electron chi connectivity index (χ2n) is 8.32. The van der Waals surface area contributed by atoms with Gasteiger partial charge in [0.2, 0.25) is 11.8 Å². The van der Waals surface area contributed by atoms with E-state index in [2.05, 4.69) is 18.2 Å². The van der Waals surface area contributed by atoms with Crippen LogP contribution in [0.25, 0.3) is 10.2 Å². The summed E-state index contributed by atoms with van der Waals surface area (Å²) in [5.41, 5.74) is 1.08. The average molecular weight is 385 g/mol.